The monoisotopic (exact) mass is 182 g/mol. The number of carbonyl (C=O) groups is 2. The first-order valence-electron chi connectivity index (χ1n) is 4.12. The van der Waals surface area contributed by atoms with Crippen LogP contribution >= 0.6 is 0 Å². The Morgan fingerprint density at radius 2 is 2.46 bits per heavy atom. The van der Waals surface area contributed by atoms with E-state index in [1.165, 1.54) is 0 Å². The van der Waals surface area contributed by atoms with Crippen LogP contribution in [0.2, 0.25) is 0 Å². The topological polar surface area (TPSA) is 69.6 Å². The van der Waals surface area contributed by atoms with Gasteiger partial charge in [0.2, 0.25) is 0 Å². The summed E-state index contributed by atoms with van der Waals surface area (Å²) in [6.07, 6.45) is 1.55. The van der Waals surface area contributed by atoms with Gasteiger partial charge in [0.1, 0.15) is 0 Å². The van der Waals surface area contributed by atoms with Gasteiger partial charge in [-0.2, -0.15) is 0 Å². The van der Waals surface area contributed by atoms with E-state index in [9.17, 15) is 9.59 Å². The fraction of sp³-hybridized carbons (Fsp3) is 0.500. The van der Waals surface area contributed by atoms with Gasteiger partial charge in [0.15, 0.2) is 5.78 Å². The van der Waals surface area contributed by atoms with Gasteiger partial charge in [-0.25, -0.2) is 0 Å². The Morgan fingerprint density at radius 1 is 1.69 bits per heavy atom. The van der Waals surface area contributed by atoms with E-state index >= 15 is 0 Å². The molecular weight excluding hydrogens is 172 g/mol. The molecule has 2 heterocycles. The van der Waals surface area contributed by atoms with Gasteiger partial charge in [-0.1, -0.05) is 0 Å². The highest BCUT2D eigenvalue weighted by Crippen LogP contribution is 2.21. The number of ketones is 1. The molecular formula is C8H10N2O3. The van der Waals surface area contributed by atoms with E-state index < -0.39 is 11.9 Å². The zero-order valence-electron chi connectivity index (χ0n) is 6.99. The summed E-state index contributed by atoms with van der Waals surface area (Å²) < 4.78 is 0. The molecule has 0 aromatic carbocycles. The lowest BCUT2D eigenvalue weighted by Crippen LogP contribution is -2.44. The molecule has 1 atom stereocenters. The summed E-state index contributed by atoms with van der Waals surface area (Å²) in [5, 5.41) is 11.7. The van der Waals surface area contributed by atoms with Crippen LogP contribution in [0, 0.1) is 5.92 Å². The van der Waals surface area contributed by atoms with Crippen LogP contribution in [-0.4, -0.2) is 41.5 Å². The van der Waals surface area contributed by atoms with E-state index in [0.717, 1.165) is 0 Å². The summed E-state index contributed by atoms with van der Waals surface area (Å²) in [4.78, 5) is 23.7. The number of Topliss-reactive ketones (excluding diaryl/α,β-unsaturated/α-hetero) is 1. The van der Waals surface area contributed by atoms with Crippen LogP contribution < -0.4 is 5.32 Å². The van der Waals surface area contributed by atoms with E-state index in [1.54, 1.807) is 11.0 Å². The molecule has 0 radical (unpaired) electrons. The van der Waals surface area contributed by atoms with Crippen molar-refractivity contribution >= 4 is 11.8 Å². The van der Waals surface area contributed by atoms with Crippen molar-refractivity contribution in [2.75, 3.05) is 19.8 Å². The van der Waals surface area contributed by atoms with Gasteiger partial charge in [0.05, 0.1) is 24.8 Å². The lowest BCUT2D eigenvalue weighted by molar-refractivity contribution is -0.140. The highest BCUT2D eigenvalue weighted by Gasteiger charge is 2.33. The first-order chi connectivity index (χ1) is 6.18. The molecule has 0 aliphatic carbocycles. The van der Waals surface area contributed by atoms with Crippen molar-refractivity contribution < 1.29 is 14.7 Å². The molecule has 5 heteroatoms. The number of nitrogens with one attached hydrogen (secondary N) is 1. The van der Waals surface area contributed by atoms with Crippen LogP contribution in [-0.2, 0) is 9.59 Å². The molecule has 0 unspecified atom stereocenters. The van der Waals surface area contributed by atoms with Crippen molar-refractivity contribution in [2.24, 2.45) is 5.92 Å². The van der Waals surface area contributed by atoms with Crippen LogP contribution in [0.1, 0.15) is 0 Å². The Labute approximate surface area is 75.0 Å². The van der Waals surface area contributed by atoms with Gasteiger partial charge in [-0.15, -0.1) is 0 Å². The minimum atomic E-state index is -0.866. The van der Waals surface area contributed by atoms with Crippen molar-refractivity contribution in [2.45, 2.75) is 0 Å². The highest BCUT2D eigenvalue weighted by molar-refractivity contribution is 5.98. The zero-order valence-corrected chi connectivity index (χ0v) is 6.99. The van der Waals surface area contributed by atoms with E-state index in [4.69, 9.17) is 5.11 Å². The largest absolute Gasteiger partial charge is 0.481 e. The standard InChI is InChI=1S/C8H10N2O3/c11-7-2-9-4-10-3-5(8(12)13)1-6(7)10/h1,5,9H,2-4H2,(H,12,13)/t5-/m0/s1. The molecule has 1 saturated heterocycles. The average molecular weight is 182 g/mol. The minimum absolute atomic E-state index is 0.0185. The van der Waals surface area contributed by atoms with E-state index in [2.05, 4.69) is 5.32 Å². The van der Waals surface area contributed by atoms with Crippen LogP contribution in [0.4, 0.5) is 0 Å². The summed E-state index contributed by atoms with van der Waals surface area (Å²) in [6, 6.07) is 0. The van der Waals surface area contributed by atoms with E-state index in [1.807, 2.05) is 0 Å². The smallest absolute Gasteiger partial charge is 0.312 e. The molecule has 0 aromatic rings. The van der Waals surface area contributed by atoms with Gasteiger partial charge < -0.3 is 10.0 Å². The predicted molar refractivity (Wildman–Crippen MR) is 43.8 cm³/mol. The van der Waals surface area contributed by atoms with Crippen molar-refractivity contribution in [3.63, 3.8) is 0 Å². The maximum absolute atomic E-state index is 11.3. The number of fused-ring (bicyclic) bond motifs is 1. The summed E-state index contributed by atoms with van der Waals surface area (Å²) >= 11 is 0. The fourth-order valence-corrected chi connectivity index (χ4v) is 1.65. The third-order valence-corrected chi connectivity index (χ3v) is 2.31. The third-order valence-electron chi connectivity index (χ3n) is 2.31. The van der Waals surface area contributed by atoms with Crippen LogP contribution in [0.25, 0.3) is 0 Å². The Bertz CT molecular complexity index is 298. The SMILES string of the molecule is O=C1CNCN2C[C@@H](C(=O)O)C=C12. The van der Waals surface area contributed by atoms with Crippen molar-refractivity contribution in [3.8, 4) is 0 Å². The summed E-state index contributed by atoms with van der Waals surface area (Å²) in [7, 11) is 0. The number of carboxylic acid groups (broad SMARTS) is 1. The van der Waals surface area contributed by atoms with Crippen molar-refractivity contribution in [1.29, 1.82) is 0 Å². The van der Waals surface area contributed by atoms with Gasteiger partial charge in [0.25, 0.3) is 0 Å². The van der Waals surface area contributed by atoms with Gasteiger partial charge >= 0.3 is 5.97 Å². The second-order valence-electron chi connectivity index (χ2n) is 3.23. The summed E-state index contributed by atoms with van der Waals surface area (Å²) in [5.41, 5.74) is 0.561. The minimum Gasteiger partial charge on any atom is -0.481 e. The van der Waals surface area contributed by atoms with Crippen molar-refractivity contribution in [1.82, 2.24) is 10.2 Å². The molecule has 70 valence electrons. The molecule has 0 spiro atoms. The molecule has 13 heavy (non-hydrogen) atoms. The molecule has 0 aromatic heterocycles. The van der Waals surface area contributed by atoms with Crippen LogP contribution in [0.5, 0.6) is 0 Å². The Balaban J connectivity index is 2.21. The maximum Gasteiger partial charge on any atom is 0.312 e. The average Bonchev–Trinajstić information content (AvgIpc) is 2.49. The molecule has 0 saturated carbocycles. The molecule has 2 aliphatic rings. The number of carbonyl (C=O) groups excluding carboxylic acids is 1. The lowest BCUT2D eigenvalue weighted by atomic mass is 10.1. The van der Waals surface area contributed by atoms with Crippen LogP contribution in [0.3, 0.4) is 0 Å². The quantitative estimate of drug-likeness (QED) is 0.545. The predicted octanol–water partition coefficient (Wildman–Crippen LogP) is -0.983. The Morgan fingerprint density at radius 3 is 3.08 bits per heavy atom. The van der Waals surface area contributed by atoms with Crippen molar-refractivity contribution in [3.05, 3.63) is 11.8 Å². The maximum atomic E-state index is 11.3. The molecule has 0 amide bonds. The molecule has 5 nitrogen and oxygen atoms in total. The van der Waals surface area contributed by atoms with Crippen LogP contribution in [0.15, 0.2) is 11.8 Å². The number of hydrogen-bond acceptors (Lipinski definition) is 4. The Kier molecular flexibility index (Phi) is 1.81. The first-order valence-corrected chi connectivity index (χ1v) is 4.12. The molecule has 0 bridgehead atoms. The molecule has 2 aliphatic heterocycles. The van der Waals surface area contributed by atoms with Gasteiger partial charge in [0, 0.05) is 6.54 Å². The normalized spacial score (nSPS) is 27.1. The Hall–Kier alpha value is -1.36. The van der Waals surface area contributed by atoms with Gasteiger partial charge in [-0.3, -0.25) is 14.9 Å². The summed E-state index contributed by atoms with van der Waals surface area (Å²) in [5.74, 6) is -1.41. The molecule has 2 N–H and O–H groups in total. The van der Waals surface area contributed by atoms with E-state index in [-0.39, 0.29) is 5.78 Å². The number of rotatable bonds is 1. The second-order valence-corrected chi connectivity index (χ2v) is 3.23. The molecule has 2 rings (SSSR count). The zero-order chi connectivity index (χ0) is 9.42. The highest BCUT2D eigenvalue weighted by atomic mass is 16.4. The fourth-order valence-electron chi connectivity index (χ4n) is 1.65. The number of hydrogen-bond donors (Lipinski definition) is 2. The molecule has 1 fully saturated rings. The first kappa shape index (κ1) is 8.25. The van der Waals surface area contributed by atoms with E-state index in [0.29, 0.717) is 25.5 Å². The summed E-state index contributed by atoms with van der Waals surface area (Å²) in [6.45, 7) is 1.29. The third kappa shape index (κ3) is 1.31. The lowest BCUT2D eigenvalue weighted by Gasteiger charge is -2.26. The number of carboxylic acids is 1. The second kappa shape index (κ2) is 2.85. The number of aliphatic carboxylic acids is 1. The van der Waals surface area contributed by atoms with Gasteiger partial charge in [-0.05, 0) is 6.08 Å². The number of nitrogens with zero attached hydrogens (tertiary/aromatic N) is 1.